The maximum atomic E-state index is 12.9. The molecular weight excluding hydrogens is 367 g/mol. The molecule has 21 heavy (non-hydrogen) atoms. The highest BCUT2D eigenvalue weighted by atomic mass is 79.9. The average molecular weight is 383 g/mol. The number of ether oxygens (including phenoxy) is 1. The van der Waals surface area contributed by atoms with Gasteiger partial charge in [0.1, 0.15) is 5.82 Å². The molecule has 118 valence electrons. The van der Waals surface area contributed by atoms with Crippen LogP contribution in [0, 0.1) is 5.82 Å². The Labute approximate surface area is 131 Å². The highest BCUT2D eigenvalue weighted by molar-refractivity contribution is 9.10. The molecule has 0 saturated heterocycles. The van der Waals surface area contributed by atoms with E-state index in [2.05, 4.69) is 26.0 Å². The first-order valence-electron chi connectivity index (χ1n) is 6.07. The first kappa shape index (κ1) is 18.0. The number of nitrogens with one attached hydrogen (secondary N) is 2. The normalized spacial score (nSPS) is 11.4. The summed E-state index contributed by atoms with van der Waals surface area (Å²) in [5.74, 6) is -0.828. The molecule has 1 aromatic carbocycles. The van der Waals surface area contributed by atoms with Crippen molar-refractivity contribution in [2.45, 2.75) is 11.3 Å². The summed E-state index contributed by atoms with van der Waals surface area (Å²) in [6.45, 7) is 0.705. The second kappa shape index (κ2) is 8.42. The van der Waals surface area contributed by atoms with Crippen LogP contribution < -0.4 is 10.0 Å². The lowest BCUT2D eigenvalue weighted by atomic mass is 10.3. The third-order valence-corrected chi connectivity index (χ3v) is 4.89. The Balaban J connectivity index is 2.52. The van der Waals surface area contributed by atoms with Gasteiger partial charge >= 0.3 is 0 Å². The van der Waals surface area contributed by atoms with E-state index in [1.165, 1.54) is 7.11 Å². The van der Waals surface area contributed by atoms with Crippen molar-refractivity contribution in [1.82, 2.24) is 10.0 Å². The lowest BCUT2D eigenvalue weighted by molar-refractivity contribution is -0.121. The van der Waals surface area contributed by atoms with Crippen LogP contribution in [0.15, 0.2) is 27.6 Å². The van der Waals surface area contributed by atoms with Crippen LogP contribution in [0.25, 0.3) is 0 Å². The minimum absolute atomic E-state index is 0.00174. The van der Waals surface area contributed by atoms with Gasteiger partial charge in [-0.15, -0.1) is 0 Å². The van der Waals surface area contributed by atoms with Crippen molar-refractivity contribution in [3.05, 3.63) is 28.5 Å². The molecule has 0 aliphatic heterocycles. The number of rotatable bonds is 8. The van der Waals surface area contributed by atoms with E-state index in [1.54, 1.807) is 0 Å². The molecule has 0 radical (unpaired) electrons. The number of carbonyl (C=O) groups is 1. The fourth-order valence-electron chi connectivity index (χ4n) is 1.45. The summed E-state index contributed by atoms with van der Waals surface area (Å²) in [6, 6.07) is 3.27. The first-order valence-corrected chi connectivity index (χ1v) is 8.35. The molecule has 0 fully saturated rings. The number of amides is 1. The van der Waals surface area contributed by atoms with Gasteiger partial charge in [0.2, 0.25) is 15.9 Å². The van der Waals surface area contributed by atoms with Gasteiger partial charge in [-0.3, -0.25) is 4.79 Å². The summed E-state index contributed by atoms with van der Waals surface area (Å²) in [7, 11) is -2.28. The summed E-state index contributed by atoms with van der Waals surface area (Å²) >= 11 is 2.99. The van der Waals surface area contributed by atoms with Gasteiger partial charge < -0.3 is 10.1 Å². The lowest BCUT2D eigenvalue weighted by Crippen LogP contribution is -2.32. The van der Waals surface area contributed by atoms with Crippen LogP contribution in [-0.2, 0) is 19.6 Å². The standard InChI is InChI=1S/C12H16BrFN2O4S/c1-20-7-6-15-12(17)4-5-16-21(18,19)11-3-2-9(14)8-10(11)13/h2-3,8,16H,4-7H2,1H3,(H,15,17). The molecule has 1 aromatic rings. The highest BCUT2D eigenvalue weighted by Gasteiger charge is 2.17. The van der Waals surface area contributed by atoms with Crippen LogP contribution in [0.5, 0.6) is 0 Å². The zero-order chi connectivity index (χ0) is 15.9. The summed E-state index contributed by atoms with van der Waals surface area (Å²) < 4.78 is 44.1. The van der Waals surface area contributed by atoms with Gasteiger partial charge in [-0.25, -0.2) is 17.5 Å². The molecule has 0 atom stereocenters. The number of hydrogen-bond donors (Lipinski definition) is 2. The quantitative estimate of drug-likeness (QED) is 0.657. The van der Waals surface area contributed by atoms with Crippen LogP contribution >= 0.6 is 15.9 Å². The monoisotopic (exact) mass is 382 g/mol. The van der Waals surface area contributed by atoms with Crippen LogP contribution in [0.1, 0.15) is 6.42 Å². The zero-order valence-electron chi connectivity index (χ0n) is 11.4. The Morgan fingerprint density at radius 2 is 2.10 bits per heavy atom. The number of sulfonamides is 1. The number of methoxy groups -OCH3 is 1. The molecule has 0 aliphatic rings. The van der Waals surface area contributed by atoms with Crippen LogP contribution in [0.4, 0.5) is 4.39 Å². The third kappa shape index (κ3) is 6.08. The van der Waals surface area contributed by atoms with Gasteiger partial charge in [0, 0.05) is 31.1 Å². The summed E-state index contributed by atoms with van der Waals surface area (Å²) in [4.78, 5) is 11.3. The Hall–Kier alpha value is -1.03. The average Bonchev–Trinajstić information content (AvgIpc) is 2.38. The Morgan fingerprint density at radius 1 is 1.38 bits per heavy atom. The molecule has 0 saturated carbocycles. The molecule has 2 N–H and O–H groups in total. The van der Waals surface area contributed by atoms with E-state index in [4.69, 9.17) is 4.74 Å². The number of carbonyl (C=O) groups excluding carboxylic acids is 1. The molecule has 0 bridgehead atoms. The fraction of sp³-hybridized carbons (Fsp3) is 0.417. The topological polar surface area (TPSA) is 84.5 Å². The van der Waals surface area contributed by atoms with Crippen LogP contribution in [0.3, 0.4) is 0 Å². The molecule has 0 spiro atoms. The Morgan fingerprint density at radius 3 is 2.71 bits per heavy atom. The largest absolute Gasteiger partial charge is 0.383 e. The predicted octanol–water partition coefficient (Wildman–Crippen LogP) is 1.02. The molecule has 6 nitrogen and oxygen atoms in total. The molecule has 0 heterocycles. The fourth-order valence-corrected chi connectivity index (χ4v) is 3.53. The minimum Gasteiger partial charge on any atom is -0.383 e. The second-order valence-corrected chi connectivity index (χ2v) is 6.65. The van der Waals surface area contributed by atoms with Gasteiger partial charge in [0.05, 0.1) is 11.5 Å². The van der Waals surface area contributed by atoms with Crippen molar-refractivity contribution in [3.63, 3.8) is 0 Å². The van der Waals surface area contributed by atoms with E-state index in [1.807, 2.05) is 0 Å². The highest BCUT2D eigenvalue weighted by Crippen LogP contribution is 2.22. The van der Waals surface area contributed by atoms with Crippen molar-refractivity contribution < 1.29 is 22.3 Å². The number of halogens is 2. The molecule has 0 unspecified atom stereocenters. The van der Waals surface area contributed by atoms with Gasteiger partial charge in [-0.05, 0) is 34.1 Å². The zero-order valence-corrected chi connectivity index (χ0v) is 13.8. The smallest absolute Gasteiger partial charge is 0.241 e. The van der Waals surface area contributed by atoms with Crippen molar-refractivity contribution in [3.8, 4) is 0 Å². The lowest BCUT2D eigenvalue weighted by Gasteiger charge is -2.09. The van der Waals surface area contributed by atoms with Crippen molar-refractivity contribution in [2.24, 2.45) is 0 Å². The van der Waals surface area contributed by atoms with E-state index in [-0.39, 0.29) is 28.2 Å². The molecular formula is C12H16BrFN2O4S. The van der Waals surface area contributed by atoms with Gasteiger partial charge in [-0.1, -0.05) is 0 Å². The predicted molar refractivity (Wildman–Crippen MR) is 78.8 cm³/mol. The summed E-state index contributed by atoms with van der Waals surface area (Å²) in [5, 5.41) is 2.57. The van der Waals surface area contributed by atoms with E-state index in [0.29, 0.717) is 13.2 Å². The first-order chi connectivity index (χ1) is 9.86. The third-order valence-electron chi connectivity index (χ3n) is 2.46. The van der Waals surface area contributed by atoms with Crippen molar-refractivity contribution in [2.75, 3.05) is 26.8 Å². The van der Waals surface area contributed by atoms with Crippen molar-refractivity contribution >= 4 is 31.9 Å². The van der Waals surface area contributed by atoms with Gasteiger partial charge in [0.15, 0.2) is 0 Å². The molecule has 1 rings (SSSR count). The maximum Gasteiger partial charge on any atom is 0.241 e. The van der Waals surface area contributed by atoms with E-state index >= 15 is 0 Å². The van der Waals surface area contributed by atoms with Crippen LogP contribution in [0.2, 0.25) is 0 Å². The Kier molecular flexibility index (Phi) is 7.23. The summed E-state index contributed by atoms with van der Waals surface area (Å²) in [5.41, 5.74) is 0. The number of hydrogen-bond acceptors (Lipinski definition) is 4. The van der Waals surface area contributed by atoms with E-state index in [0.717, 1.165) is 18.2 Å². The van der Waals surface area contributed by atoms with Crippen LogP contribution in [-0.4, -0.2) is 41.1 Å². The SMILES string of the molecule is COCCNC(=O)CCNS(=O)(=O)c1ccc(F)cc1Br. The Bertz CT molecular complexity index is 595. The van der Waals surface area contributed by atoms with Crippen molar-refractivity contribution in [1.29, 1.82) is 0 Å². The maximum absolute atomic E-state index is 12.9. The van der Waals surface area contributed by atoms with E-state index in [9.17, 15) is 17.6 Å². The second-order valence-electron chi connectivity index (χ2n) is 4.07. The number of benzene rings is 1. The molecule has 0 aromatic heterocycles. The van der Waals surface area contributed by atoms with Gasteiger partial charge in [-0.2, -0.15) is 0 Å². The minimum atomic E-state index is -3.80. The molecule has 1 amide bonds. The van der Waals surface area contributed by atoms with Gasteiger partial charge in [0.25, 0.3) is 0 Å². The summed E-state index contributed by atoms with van der Waals surface area (Å²) in [6.07, 6.45) is 0.00174. The molecule has 9 heteroatoms. The molecule has 0 aliphatic carbocycles. The van der Waals surface area contributed by atoms with E-state index < -0.39 is 15.8 Å².